The van der Waals surface area contributed by atoms with Crippen LogP contribution in [0.25, 0.3) is 0 Å². The maximum atomic E-state index is 11.8. The lowest BCUT2D eigenvalue weighted by Crippen LogP contribution is -2.24. The Labute approximate surface area is 81.5 Å². The van der Waals surface area contributed by atoms with Gasteiger partial charge in [0.05, 0.1) is 6.61 Å². The highest BCUT2D eigenvalue weighted by Gasteiger charge is 2.30. The van der Waals surface area contributed by atoms with E-state index in [-0.39, 0.29) is 0 Å². The quantitative estimate of drug-likeness (QED) is 0.529. The second kappa shape index (κ2) is 3.85. The molecule has 0 bridgehead atoms. The first-order chi connectivity index (χ1) is 5.79. The lowest BCUT2D eigenvalue weighted by atomic mass is 10.5. The highest BCUT2D eigenvalue weighted by atomic mass is 31.2. The van der Waals surface area contributed by atoms with Gasteiger partial charge in [-0.3, -0.25) is 4.57 Å². The molecule has 78 valence electrons. The van der Waals surface area contributed by atoms with Gasteiger partial charge in [0.15, 0.2) is 8.32 Å². The van der Waals surface area contributed by atoms with Crippen molar-refractivity contribution in [2.24, 2.45) is 5.92 Å². The molecule has 13 heavy (non-hydrogen) atoms. The summed E-state index contributed by atoms with van der Waals surface area (Å²) in [4.78, 5) is 0. The summed E-state index contributed by atoms with van der Waals surface area (Å²) in [6, 6.07) is 0. The van der Waals surface area contributed by atoms with Crippen molar-refractivity contribution in [2.75, 3.05) is 13.3 Å². The van der Waals surface area contributed by atoms with Gasteiger partial charge in [-0.05, 0) is 38.4 Å². The molecule has 0 spiro atoms. The zero-order chi connectivity index (χ0) is 10.1. The third kappa shape index (κ3) is 5.63. The van der Waals surface area contributed by atoms with E-state index in [2.05, 4.69) is 0 Å². The van der Waals surface area contributed by atoms with Crippen molar-refractivity contribution in [2.45, 2.75) is 32.5 Å². The summed E-state index contributed by atoms with van der Waals surface area (Å²) in [6.45, 7) is 8.24. The summed E-state index contributed by atoms with van der Waals surface area (Å²) in [5, 5.41) is 0. The Morgan fingerprint density at radius 2 is 1.92 bits per heavy atom. The molecule has 0 N–H and O–H groups in total. The summed E-state index contributed by atoms with van der Waals surface area (Å²) >= 11 is 0. The van der Waals surface area contributed by atoms with Crippen LogP contribution in [0.2, 0.25) is 19.6 Å². The molecule has 5 heteroatoms. The minimum absolute atomic E-state index is 0.609. The van der Waals surface area contributed by atoms with E-state index in [1.54, 1.807) is 6.66 Å². The smallest absolute Gasteiger partial charge is 0.318 e. The number of hydrogen-bond donors (Lipinski definition) is 0. The number of rotatable bonds is 5. The molecule has 0 amide bonds. The predicted molar refractivity (Wildman–Crippen MR) is 56.6 cm³/mol. The maximum absolute atomic E-state index is 11.8. The van der Waals surface area contributed by atoms with Gasteiger partial charge >= 0.3 is 7.60 Å². The highest BCUT2D eigenvalue weighted by Crippen LogP contribution is 2.48. The zero-order valence-corrected chi connectivity index (χ0v) is 10.8. The van der Waals surface area contributed by atoms with E-state index < -0.39 is 15.9 Å². The van der Waals surface area contributed by atoms with Crippen LogP contribution in [0.5, 0.6) is 0 Å². The van der Waals surface area contributed by atoms with Gasteiger partial charge in [-0.2, -0.15) is 0 Å². The van der Waals surface area contributed by atoms with Crippen LogP contribution in [0.4, 0.5) is 0 Å². The van der Waals surface area contributed by atoms with Crippen molar-refractivity contribution in [3.05, 3.63) is 0 Å². The molecule has 1 aliphatic rings. The van der Waals surface area contributed by atoms with Crippen LogP contribution in [0.15, 0.2) is 0 Å². The molecule has 1 saturated carbocycles. The Morgan fingerprint density at radius 3 is 2.31 bits per heavy atom. The van der Waals surface area contributed by atoms with Crippen LogP contribution in [-0.2, 0) is 13.3 Å². The molecule has 0 aliphatic heterocycles. The third-order valence-electron chi connectivity index (χ3n) is 1.68. The first-order valence-electron chi connectivity index (χ1n) is 4.71. The zero-order valence-electron chi connectivity index (χ0n) is 8.87. The van der Waals surface area contributed by atoms with Gasteiger partial charge in [0.25, 0.3) is 0 Å². The van der Waals surface area contributed by atoms with Gasteiger partial charge in [-0.15, -0.1) is 0 Å². The summed E-state index contributed by atoms with van der Waals surface area (Å²) in [5.74, 6) is 0.638. The monoisotopic (exact) mass is 222 g/mol. The molecule has 1 rings (SSSR count). The third-order valence-corrected chi connectivity index (χ3v) is 5.82. The van der Waals surface area contributed by atoms with E-state index >= 15 is 0 Å². The minimum Gasteiger partial charge on any atom is -0.351 e. The second-order valence-electron chi connectivity index (χ2n) is 4.71. The van der Waals surface area contributed by atoms with Crippen molar-refractivity contribution >= 4 is 15.9 Å². The summed E-state index contributed by atoms with van der Waals surface area (Å²) in [5.41, 5.74) is 0. The van der Waals surface area contributed by atoms with Crippen LogP contribution in [-0.4, -0.2) is 21.6 Å². The Morgan fingerprint density at radius 1 is 1.38 bits per heavy atom. The Hall–Kier alpha value is 0.367. The molecule has 1 unspecified atom stereocenters. The molecule has 0 radical (unpaired) electrons. The van der Waals surface area contributed by atoms with Crippen molar-refractivity contribution in [1.29, 1.82) is 0 Å². The second-order valence-corrected chi connectivity index (χ2v) is 11.5. The molecule has 0 aromatic carbocycles. The van der Waals surface area contributed by atoms with Gasteiger partial charge in [0.1, 0.15) is 0 Å². The molecule has 1 aliphatic carbocycles. The normalized spacial score (nSPS) is 22.8. The van der Waals surface area contributed by atoms with Crippen LogP contribution < -0.4 is 0 Å². The van der Waals surface area contributed by atoms with E-state index in [1.807, 2.05) is 19.6 Å². The molecule has 0 aromatic rings. The number of hydrogen-bond acceptors (Lipinski definition) is 3. The molecule has 0 heterocycles. The molecule has 1 atom stereocenters. The summed E-state index contributed by atoms with van der Waals surface area (Å²) in [7, 11) is -4.50. The van der Waals surface area contributed by atoms with Crippen LogP contribution in [0, 0.1) is 5.92 Å². The van der Waals surface area contributed by atoms with Gasteiger partial charge in [-0.25, -0.2) is 0 Å². The Kier molecular flexibility index (Phi) is 3.39. The van der Waals surface area contributed by atoms with Gasteiger partial charge in [0, 0.05) is 6.66 Å². The molecule has 0 aromatic heterocycles. The largest absolute Gasteiger partial charge is 0.351 e. The van der Waals surface area contributed by atoms with Crippen LogP contribution in [0.3, 0.4) is 0 Å². The molecule has 3 nitrogen and oxygen atoms in total. The molecule has 0 saturated heterocycles. The Balaban J connectivity index is 2.31. The van der Waals surface area contributed by atoms with E-state index in [9.17, 15) is 4.57 Å². The highest BCUT2D eigenvalue weighted by molar-refractivity contribution is 7.54. The lowest BCUT2D eigenvalue weighted by Gasteiger charge is -2.23. The van der Waals surface area contributed by atoms with Crippen LogP contribution >= 0.6 is 7.60 Å². The first kappa shape index (κ1) is 11.4. The fourth-order valence-corrected chi connectivity index (χ4v) is 5.72. The Bertz CT molecular complexity index is 220. The van der Waals surface area contributed by atoms with Gasteiger partial charge < -0.3 is 8.74 Å². The maximum Gasteiger partial charge on any atom is 0.318 e. The van der Waals surface area contributed by atoms with E-state index in [4.69, 9.17) is 8.74 Å². The topological polar surface area (TPSA) is 35.5 Å². The standard InChI is InChI=1S/C8H19O3PSi/c1-12(9,11-13(2,3)4)10-7-8-5-6-8/h8H,5-7H2,1-4H3. The fraction of sp³-hybridized carbons (Fsp3) is 1.00. The van der Waals surface area contributed by atoms with Crippen LogP contribution in [0.1, 0.15) is 12.8 Å². The average Bonchev–Trinajstić information content (AvgIpc) is 2.59. The summed E-state index contributed by atoms with van der Waals surface area (Å²) in [6.07, 6.45) is 2.43. The lowest BCUT2D eigenvalue weighted by molar-refractivity contribution is 0.256. The summed E-state index contributed by atoms with van der Waals surface area (Å²) < 4.78 is 22.5. The fourth-order valence-electron chi connectivity index (χ4n) is 1.05. The molecular weight excluding hydrogens is 203 g/mol. The SMILES string of the molecule is C[Si](C)(C)OP(C)(=O)OCC1CC1. The van der Waals surface area contributed by atoms with E-state index in [1.165, 1.54) is 12.8 Å². The predicted octanol–water partition coefficient (Wildman–Crippen LogP) is 3.09. The van der Waals surface area contributed by atoms with Gasteiger partial charge in [-0.1, -0.05) is 0 Å². The van der Waals surface area contributed by atoms with E-state index in [0.717, 1.165) is 0 Å². The molecule has 1 fully saturated rings. The first-order valence-corrected chi connectivity index (χ1v) is 10.1. The average molecular weight is 222 g/mol. The van der Waals surface area contributed by atoms with Crippen molar-refractivity contribution in [1.82, 2.24) is 0 Å². The minimum atomic E-state index is -2.77. The van der Waals surface area contributed by atoms with Crippen molar-refractivity contribution in [3.63, 3.8) is 0 Å². The van der Waals surface area contributed by atoms with Gasteiger partial charge in [0.2, 0.25) is 0 Å². The van der Waals surface area contributed by atoms with E-state index in [0.29, 0.717) is 12.5 Å². The van der Waals surface area contributed by atoms with Crippen molar-refractivity contribution < 1.29 is 13.3 Å². The van der Waals surface area contributed by atoms with Crippen molar-refractivity contribution in [3.8, 4) is 0 Å². The molecular formula is C8H19O3PSi.